The zero-order chi connectivity index (χ0) is 13.9. The van der Waals surface area contributed by atoms with Crippen molar-refractivity contribution in [3.8, 4) is 0 Å². The van der Waals surface area contributed by atoms with Gasteiger partial charge in [0.15, 0.2) is 11.6 Å². The third-order valence-electron chi connectivity index (χ3n) is 2.43. The van der Waals surface area contributed by atoms with Gasteiger partial charge in [0.05, 0.1) is 6.10 Å². The standard InChI is InChI=1S/C13H20F2N2O/c1-13(2,3)6-9(18)7-17-12-10(14)4-8(16)5-11(12)15/h4-5,9,17-18H,6-7,16H2,1-3H3. The minimum atomic E-state index is -0.754. The van der Waals surface area contributed by atoms with Gasteiger partial charge in [-0.1, -0.05) is 20.8 Å². The molecule has 0 aliphatic carbocycles. The van der Waals surface area contributed by atoms with Crippen molar-refractivity contribution in [1.29, 1.82) is 0 Å². The summed E-state index contributed by atoms with van der Waals surface area (Å²) >= 11 is 0. The van der Waals surface area contributed by atoms with Crippen LogP contribution in [0.15, 0.2) is 12.1 Å². The van der Waals surface area contributed by atoms with Crippen LogP contribution in [0.4, 0.5) is 20.2 Å². The lowest BCUT2D eigenvalue weighted by molar-refractivity contribution is 0.132. The quantitative estimate of drug-likeness (QED) is 0.728. The second kappa shape index (κ2) is 5.52. The fourth-order valence-corrected chi connectivity index (χ4v) is 1.76. The molecule has 0 heterocycles. The Kier molecular flexibility index (Phi) is 4.51. The summed E-state index contributed by atoms with van der Waals surface area (Å²) in [6.45, 7) is 6.05. The van der Waals surface area contributed by atoms with E-state index >= 15 is 0 Å². The van der Waals surface area contributed by atoms with Crippen molar-refractivity contribution in [1.82, 2.24) is 0 Å². The third-order valence-corrected chi connectivity index (χ3v) is 2.43. The minimum Gasteiger partial charge on any atom is -0.399 e. The molecule has 0 saturated heterocycles. The van der Waals surface area contributed by atoms with Gasteiger partial charge in [0.25, 0.3) is 0 Å². The average molecular weight is 258 g/mol. The molecule has 0 fully saturated rings. The van der Waals surface area contributed by atoms with Crippen LogP contribution in [0.25, 0.3) is 0 Å². The van der Waals surface area contributed by atoms with Gasteiger partial charge < -0.3 is 16.2 Å². The Bertz CT molecular complexity index is 393. The van der Waals surface area contributed by atoms with Gasteiger partial charge in [-0.2, -0.15) is 0 Å². The predicted octanol–water partition coefficient (Wildman–Crippen LogP) is 2.76. The SMILES string of the molecule is CC(C)(C)CC(O)CNc1c(F)cc(N)cc1F. The van der Waals surface area contributed by atoms with Gasteiger partial charge in [-0.25, -0.2) is 8.78 Å². The molecule has 0 aliphatic heterocycles. The Labute approximate surface area is 106 Å². The monoisotopic (exact) mass is 258 g/mol. The molecule has 0 aliphatic rings. The molecule has 0 radical (unpaired) electrons. The lowest BCUT2D eigenvalue weighted by Gasteiger charge is -2.23. The normalized spacial score (nSPS) is 13.4. The van der Waals surface area contributed by atoms with Gasteiger partial charge >= 0.3 is 0 Å². The number of benzene rings is 1. The van der Waals surface area contributed by atoms with E-state index in [2.05, 4.69) is 5.32 Å². The van der Waals surface area contributed by atoms with Crippen LogP contribution in [-0.4, -0.2) is 17.8 Å². The first-order chi connectivity index (χ1) is 8.19. The van der Waals surface area contributed by atoms with Crippen molar-refractivity contribution in [3.05, 3.63) is 23.8 Å². The first-order valence-electron chi connectivity index (χ1n) is 5.85. The highest BCUT2D eigenvalue weighted by molar-refractivity contribution is 5.54. The smallest absolute Gasteiger partial charge is 0.151 e. The third kappa shape index (κ3) is 4.49. The van der Waals surface area contributed by atoms with E-state index in [9.17, 15) is 13.9 Å². The predicted molar refractivity (Wildman–Crippen MR) is 69.3 cm³/mol. The van der Waals surface area contributed by atoms with Crippen molar-refractivity contribution < 1.29 is 13.9 Å². The van der Waals surface area contributed by atoms with Gasteiger partial charge in [0.2, 0.25) is 0 Å². The molecule has 18 heavy (non-hydrogen) atoms. The molecule has 0 saturated carbocycles. The van der Waals surface area contributed by atoms with Crippen LogP contribution in [0.1, 0.15) is 27.2 Å². The van der Waals surface area contributed by atoms with E-state index < -0.39 is 17.7 Å². The Balaban J connectivity index is 2.64. The van der Waals surface area contributed by atoms with E-state index in [4.69, 9.17) is 5.73 Å². The molecule has 1 unspecified atom stereocenters. The molecule has 1 aromatic carbocycles. The number of halogens is 2. The molecule has 1 rings (SSSR count). The van der Waals surface area contributed by atoms with E-state index in [0.29, 0.717) is 6.42 Å². The highest BCUT2D eigenvalue weighted by Gasteiger charge is 2.18. The Morgan fingerprint density at radius 3 is 2.22 bits per heavy atom. The first-order valence-corrected chi connectivity index (χ1v) is 5.85. The zero-order valence-electron chi connectivity index (χ0n) is 10.9. The second-order valence-corrected chi connectivity index (χ2v) is 5.66. The maximum absolute atomic E-state index is 13.4. The highest BCUT2D eigenvalue weighted by Crippen LogP contribution is 2.24. The van der Waals surface area contributed by atoms with E-state index in [-0.39, 0.29) is 23.3 Å². The number of nitrogens with one attached hydrogen (secondary N) is 1. The van der Waals surface area contributed by atoms with Crippen LogP contribution in [0.2, 0.25) is 0 Å². The number of rotatable bonds is 4. The van der Waals surface area contributed by atoms with E-state index in [1.807, 2.05) is 20.8 Å². The van der Waals surface area contributed by atoms with E-state index in [1.165, 1.54) is 0 Å². The number of anilines is 2. The number of aliphatic hydroxyl groups excluding tert-OH is 1. The van der Waals surface area contributed by atoms with Crippen LogP contribution in [0.5, 0.6) is 0 Å². The van der Waals surface area contributed by atoms with Crippen LogP contribution < -0.4 is 11.1 Å². The van der Waals surface area contributed by atoms with E-state index in [0.717, 1.165) is 12.1 Å². The van der Waals surface area contributed by atoms with Crippen LogP contribution >= 0.6 is 0 Å². The molecule has 102 valence electrons. The molecule has 5 heteroatoms. The molecule has 1 atom stereocenters. The Hall–Kier alpha value is -1.36. The fraction of sp³-hybridized carbons (Fsp3) is 0.538. The van der Waals surface area contributed by atoms with Crippen LogP contribution in [0.3, 0.4) is 0 Å². The summed E-state index contributed by atoms with van der Waals surface area (Å²) in [4.78, 5) is 0. The first kappa shape index (κ1) is 14.7. The summed E-state index contributed by atoms with van der Waals surface area (Å²) in [6, 6.07) is 2.09. The summed E-state index contributed by atoms with van der Waals surface area (Å²) in [5, 5.41) is 12.3. The largest absolute Gasteiger partial charge is 0.399 e. The zero-order valence-corrected chi connectivity index (χ0v) is 10.9. The molecule has 1 aromatic rings. The topological polar surface area (TPSA) is 58.3 Å². The number of aliphatic hydroxyl groups is 1. The van der Waals surface area contributed by atoms with Gasteiger partial charge in [0.1, 0.15) is 5.69 Å². The number of nitrogens with two attached hydrogens (primary N) is 1. The summed E-state index contributed by atoms with van der Waals surface area (Å²) in [6.07, 6.45) is -0.126. The fourth-order valence-electron chi connectivity index (χ4n) is 1.76. The molecule has 0 amide bonds. The second-order valence-electron chi connectivity index (χ2n) is 5.66. The van der Waals surface area contributed by atoms with Crippen molar-refractivity contribution in [2.75, 3.05) is 17.6 Å². The molecule has 0 aromatic heterocycles. The minimum absolute atomic E-state index is 0.0331. The van der Waals surface area contributed by atoms with Crippen LogP contribution in [-0.2, 0) is 0 Å². The summed E-state index contributed by atoms with van der Waals surface area (Å²) in [5.41, 5.74) is 5.05. The summed E-state index contributed by atoms with van der Waals surface area (Å²) in [7, 11) is 0. The van der Waals surface area contributed by atoms with Crippen LogP contribution in [0, 0.1) is 17.0 Å². The molecular formula is C13H20F2N2O. The van der Waals surface area contributed by atoms with Crippen molar-refractivity contribution in [2.45, 2.75) is 33.3 Å². The average Bonchev–Trinajstić information content (AvgIpc) is 2.12. The highest BCUT2D eigenvalue weighted by atomic mass is 19.1. The number of nitrogen functional groups attached to an aromatic ring is 1. The Morgan fingerprint density at radius 1 is 1.28 bits per heavy atom. The molecule has 0 bridgehead atoms. The maximum Gasteiger partial charge on any atom is 0.151 e. The molecule has 0 spiro atoms. The molecule has 3 nitrogen and oxygen atoms in total. The van der Waals surface area contributed by atoms with Crippen molar-refractivity contribution in [3.63, 3.8) is 0 Å². The molecule has 4 N–H and O–H groups in total. The van der Waals surface area contributed by atoms with Gasteiger partial charge in [0, 0.05) is 12.2 Å². The van der Waals surface area contributed by atoms with Gasteiger partial charge in [-0.3, -0.25) is 0 Å². The summed E-state index contributed by atoms with van der Waals surface area (Å²) in [5.74, 6) is -1.51. The lowest BCUT2D eigenvalue weighted by Crippen LogP contribution is -2.25. The van der Waals surface area contributed by atoms with E-state index in [1.54, 1.807) is 0 Å². The lowest BCUT2D eigenvalue weighted by atomic mass is 9.89. The van der Waals surface area contributed by atoms with Gasteiger partial charge in [-0.15, -0.1) is 0 Å². The van der Waals surface area contributed by atoms with Crippen molar-refractivity contribution >= 4 is 11.4 Å². The Morgan fingerprint density at radius 2 is 1.78 bits per heavy atom. The molecular weight excluding hydrogens is 238 g/mol. The number of hydrogen-bond acceptors (Lipinski definition) is 3. The summed E-state index contributed by atoms with van der Waals surface area (Å²) < 4.78 is 26.9. The number of hydrogen-bond donors (Lipinski definition) is 3. The van der Waals surface area contributed by atoms with Crippen molar-refractivity contribution in [2.24, 2.45) is 5.41 Å². The van der Waals surface area contributed by atoms with Gasteiger partial charge in [-0.05, 0) is 24.0 Å². The maximum atomic E-state index is 13.4.